The Balaban J connectivity index is 1.62. The summed E-state index contributed by atoms with van der Waals surface area (Å²) in [6.07, 6.45) is 2.04. The Hall–Kier alpha value is -2.04. The quantitative estimate of drug-likeness (QED) is 0.736. The van der Waals surface area contributed by atoms with E-state index in [2.05, 4.69) is 19.2 Å². The minimum absolute atomic E-state index is 0.00851. The van der Waals surface area contributed by atoms with Crippen LogP contribution in [0.15, 0.2) is 29.3 Å². The molecule has 1 aliphatic heterocycles. The number of H-pyrrole nitrogens is 1. The summed E-state index contributed by atoms with van der Waals surface area (Å²) in [5.74, 6) is 0.177. The molecule has 0 unspecified atom stereocenters. The smallest absolute Gasteiger partial charge is 0.245 e. The summed E-state index contributed by atoms with van der Waals surface area (Å²) in [7, 11) is -3.79. The molecule has 10 heteroatoms. The molecule has 0 radical (unpaired) electrons. The number of aromatic amines is 1. The molecule has 0 aliphatic carbocycles. The highest BCUT2D eigenvalue weighted by Crippen LogP contribution is 2.29. The maximum Gasteiger partial charge on any atom is 0.245 e. The van der Waals surface area contributed by atoms with Gasteiger partial charge in [-0.1, -0.05) is 6.07 Å². The number of fused-ring (bicyclic) bond motifs is 1. The predicted molar refractivity (Wildman–Crippen MR) is 98.5 cm³/mol. The molecule has 2 aromatic heterocycles. The van der Waals surface area contributed by atoms with Gasteiger partial charge in [-0.15, -0.1) is 0 Å². The van der Waals surface area contributed by atoms with Crippen LogP contribution < -0.4 is 4.90 Å². The van der Waals surface area contributed by atoms with Gasteiger partial charge in [0.05, 0.1) is 5.39 Å². The van der Waals surface area contributed by atoms with Crippen LogP contribution in [0.4, 0.5) is 9.52 Å². The number of hydrogen-bond acceptors (Lipinski definition) is 6. The van der Waals surface area contributed by atoms with Crippen LogP contribution in [0, 0.1) is 12.7 Å². The van der Waals surface area contributed by atoms with Crippen LogP contribution in [-0.4, -0.2) is 53.2 Å². The Labute approximate surface area is 154 Å². The van der Waals surface area contributed by atoms with Gasteiger partial charge >= 0.3 is 0 Å². The number of nitrogens with one attached hydrogen (secondary N) is 1. The number of rotatable bonds is 3. The zero-order chi connectivity index (χ0) is 18.3. The van der Waals surface area contributed by atoms with E-state index in [1.165, 1.54) is 28.1 Å². The summed E-state index contributed by atoms with van der Waals surface area (Å²) in [4.78, 5) is 9.27. The number of anilines is 1. The zero-order valence-electron chi connectivity index (χ0n) is 14.1. The molecule has 1 aliphatic rings. The SMILES string of the molecule is Cc1nsc(N2CCCN(S(=O)(=O)c3c[nH]c4cccc(F)c34)CC2)n1. The lowest BCUT2D eigenvalue weighted by Gasteiger charge is -2.21. The molecular weight excluding hydrogens is 377 g/mol. The first-order valence-corrected chi connectivity index (χ1v) is 10.5. The average Bonchev–Trinajstić information content (AvgIpc) is 3.15. The Morgan fingerprint density at radius 1 is 1.23 bits per heavy atom. The average molecular weight is 395 g/mol. The van der Waals surface area contributed by atoms with Gasteiger partial charge in [-0.3, -0.25) is 0 Å². The Kier molecular flexibility index (Phi) is 4.41. The fourth-order valence-corrected chi connectivity index (χ4v) is 5.56. The van der Waals surface area contributed by atoms with Crippen molar-refractivity contribution in [3.63, 3.8) is 0 Å². The highest BCUT2D eigenvalue weighted by atomic mass is 32.2. The minimum Gasteiger partial charge on any atom is -0.360 e. The molecule has 1 aromatic carbocycles. The molecule has 26 heavy (non-hydrogen) atoms. The summed E-state index contributed by atoms with van der Waals surface area (Å²) in [6, 6.07) is 4.50. The molecule has 1 saturated heterocycles. The Bertz CT molecular complexity index is 1050. The summed E-state index contributed by atoms with van der Waals surface area (Å²) < 4.78 is 46.1. The van der Waals surface area contributed by atoms with Gasteiger partial charge in [0.1, 0.15) is 16.5 Å². The third kappa shape index (κ3) is 2.97. The van der Waals surface area contributed by atoms with Crippen LogP contribution in [0.25, 0.3) is 10.9 Å². The standard InChI is InChI=1S/C16H18FN5O2S2/c1-11-19-16(25-20-11)21-6-3-7-22(9-8-21)26(23,24)14-10-18-13-5-2-4-12(17)15(13)14/h2,4-5,10,18H,3,6-9H2,1H3. The van der Waals surface area contributed by atoms with Crippen molar-refractivity contribution in [1.82, 2.24) is 18.6 Å². The number of benzene rings is 1. The molecular formula is C16H18FN5O2S2. The van der Waals surface area contributed by atoms with Crippen molar-refractivity contribution < 1.29 is 12.8 Å². The number of aromatic nitrogens is 3. The summed E-state index contributed by atoms with van der Waals surface area (Å²) in [5, 5.41) is 0.924. The number of hydrogen-bond donors (Lipinski definition) is 1. The van der Waals surface area contributed by atoms with Crippen LogP contribution >= 0.6 is 11.5 Å². The van der Waals surface area contributed by atoms with Crippen LogP contribution in [0.5, 0.6) is 0 Å². The third-order valence-corrected chi connectivity index (χ3v) is 7.27. The van der Waals surface area contributed by atoms with E-state index in [1.807, 2.05) is 6.92 Å². The normalized spacial score (nSPS) is 16.9. The molecule has 1 N–H and O–H groups in total. The minimum atomic E-state index is -3.79. The van der Waals surface area contributed by atoms with E-state index >= 15 is 0 Å². The van der Waals surface area contributed by atoms with Crippen molar-refractivity contribution in [1.29, 1.82) is 0 Å². The second-order valence-corrected chi connectivity index (χ2v) is 8.82. The predicted octanol–water partition coefficient (Wildman–Crippen LogP) is 2.37. The van der Waals surface area contributed by atoms with Gasteiger partial charge in [0.2, 0.25) is 15.2 Å². The van der Waals surface area contributed by atoms with Crippen LogP contribution in [0.2, 0.25) is 0 Å². The van der Waals surface area contributed by atoms with Gasteiger partial charge in [0, 0.05) is 49.4 Å². The fraction of sp³-hybridized carbons (Fsp3) is 0.375. The lowest BCUT2D eigenvalue weighted by Crippen LogP contribution is -2.35. The van der Waals surface area contributed by atoms with Crippen molar-refractivity contribution in [2.45, 2.75) is 18.2 Å². The van der Waals surface area contributed by atoms with Gasteiger partial charge in [-0.2, -0.15) is 8.68 Å². The van der Waals surface area contributed by atoms with Crippen LogP contribution in [0.1, 0.15) is 12.2 Å². The maximum atomic E-state index is 14.2. The summed E-state index contributed by atoms with van der Waals surface area (Å²) in [6.45, 7) is 3.78. The summed E-state index contributed by atoms with van der Waals surface area (Å²) >= 11 is 1.32. The molecule has 138 valence electrons. The molecule has 3 aromatic rings. The molecule has 3 heterocycles. The van der Waals surface area contributed by atoms with Gasteiger partial charge < -0.3 is 9.88 Å². The zero-order valence-corrected chi connectivity index (χ0v) is 15.8. The highest BCUT2D eigenvalue weighted by Gasteiger charge is 2.30. The fourth-order valence-electron chi connectivity index (χ4n) is 3.19. The third-order valence-electron chi connectivity index (χ3n) is 4.48. The first-order chi connectivity index (χ1) is 12.5. The van der Waals surface area contributed by atoms with Crippen LogP contribution in [-0.2, 0) is 10.0 Å². The molecule has 0 spiro atoms. The van der Waals surface area contributed by atoms with E-state index in [0.717, 1.165) is 5.13 Å². The highest BCUT2D eigenvalue weighted by molar-refractivity contribution is 7.89. The lowest BCUT2D eigenvalue weighted by molar-refractivity contribution is 0.433. The summed E-state index contributed by atoms with van der Waals surface area (Å²) in [5.41, 5.74) is 0.476. The Morgan fingerprint density at radius 3 is 2.85 bits per heavy atom. The molecule has 4 rings (SSSR count). The van der Waals surface area contributed by atoms with Crippen LogP contribution in [0.3, 0.4) is 0 Å². The van der Waals surface area contributed by atoms with E-state index in [9.17, 15) is 12.8 Å². The van der Waals surface area contributed by atoms with Crippen molar-refractivity contribution >= 4 is 37.6 Å². The van der Waals surface area contributed by atoms with Gasteiger partial charge in [-0.05, 0) is 25.5 Å². The number of aryl methyl sites for hydroxylation is 1. The molecule has 0 bridgehead atoms. The van der Waals surface area contributed by atoms with Crippen molar-refractivity contribution in [2.75, 3.05) is 31.1 Å². The topological polar surface area (TPSA) is 82.2 Å². The largest absolute Gasteiger partial charge is 0.360 e. The first-order valence-electron chi connectivity index (χ1n) is 8.28. The van der Waals surface area contributed by atoms with E-state index in [0.29, 0.717) is 43.9 Å². The maximum absolute atomic E-state index is 14.2. The first kappa shape index (κ1) is 17.4. The lowest BCUT2D eigenvalue weighted by atomic mass is 10.2. The van der Waals surface area contributed by atoms with Gasteiger partial charge in [-0.25, -0.2) is 17.8 Å². The number of sulfonamides is 1. The van der Waals surface area contributed by atoms with E-state index in [1.54, 1.807) is 12.1 Å². The number of nitrogens with zero attached hydrogens (tertiary/aromatic N) is 4. The molecule has 0 atom stereocenters. The second kappa shape index (κ2) is 6.60. The van der Waals surface area contributed by atoms with E-state index in [-0.39, 0.29) is 10.3 Å². The second-order valence-electron chi connectivity index (χ2n) is 6.18. The van der Waals surface area contributed by atoms with Gasteiger partial charge in [0.15, 0.2) is 0 Å². The van der Waals surface area contributed by atoms with Crippen molar-refractivity contribution in [3.05, 3.63) is 36.0 Å². The van der Waals surface area contributed by atoms with Crippen molar-refractivity contribution in [2.24, 2.45) is 0 Å². The molecule has 0 saturated carbocycles. The van der Waals surface area contributed by atoms with E-state index < -0.39 is 15.8 Å². The molecule has 7 nitrogen and oxygen atoms in total. The van der Waals surface area contributed by atoms with Crippen molar-refractivity contribution in [3.8, 4) is 0 Å². The van der Waals surface area contributed by atoms with Gasteiger partial charge in [0.25, 0.3) is 0 Å². The van der Waals surface area contributed by atoms with E-state index in [4.69, 9.17) is 0 Å². The number of halogens is 1. The Morgan fingerprint density at radius 2 is 2.08 bits per heavy atom. The monoisotopic (exact) mass is 395 g/mol. The molecule has 0 amide bonds. The molecule has 1 fully saturated rings.